The third kappa shape index (κ3) is 2.86. The molecule has 1 rings (SSSR count). The molecule has 0 saturated carbocycles. The van der Waals surface area contributed by atoms with Crippen molar-refractivity contribution in [3.05, 3.63) is 35.4 Å². The Kier molecular flexibility index (Phi) is 3.27. The maximum Gasteiger partial charge on any atom is 0.105 e. The van der Waals surface area contributed by atoms with Gasteiger partial charge in [0.05, 0.1) is 6.07 Å². The van der Waals surface area contributed by atoms with E-state index >= 15 is 0 Å². The Morgan fingerprint density at radius 1 is 1.29 bits per heavy atom. The molecule has 2 N–H and O–H groups in total. The number of nitrogens with zero attached hydrogens (tertiary/aromatic N) is 1. The van der Waals surface area contributed by atoms with Crippen LogP contribution in [0.25, 0.3) is 0 Å². The van der Waals surface area contributed by atoms with Crippen LogP contribution in [0.2, 0.25) is 0 Å². The zero-order valence-corrected chi connectivity index (χ0v) is 8.75. The van der Waals surface area contributed by atoms with Gasteiger partial charge in [-0.25, -0.2) is 0 Å². The predicted octanol–water partition coefficient (Wildman–Crippen LogP) is 2.03. The highest BCUT2D eigenvalue weighted by molar-refractivity contribution is 5.25. The van der Waals surface area contributed by atoms with Gasteiger partial charge in [-0.3, -0.25) is 0 Å². The van der Waals surface area contributed by atoms with E-state index in [2.05, 4.69) is 25.1 Å². The summed E-state index contributed by atoms with van der Waals surface area (Å²) < 4.78 is 0. The van der Waals surface area contributed by atoms with E-state index in [1.807, 2.05) is 12.1 Å². The molecule has 2 nitrogen and oxygen atoms in total. The summed E-state index contributed by atoms with van der Waals surface area (Å²) in [6.45, 7) is 3.87. The highest BCUT2D eigenvalue weighted by atomic mass is 14.7. The lowest BCUT2D eigenvalue weighted by atomic mass is 9.95. The van der Waals surface area contributed by atoms with Gasteiger partial charge in [0.1, 0.15) is 5.54 Å². The van der Waals surface area contributed by atoms with Gasteiger partial charge in [0.2, 0.25) is 0 Å². The van der Waals surface area contributed by atoms with E-state index in [0.29, 0.717) is 6.42 Å². The zero-order chi connectivity index (χ0) is 10.6. The Labute approximate surface area is 85.4 Å². The topological polar surface area (TPSA) is 49.8 Å². The first-order chi connectivity index (χ1) is 6.57. The average Bonchev–Trinajstić information content (AvgIpc) is 2.19. The molecule has 0 amide bonds. The van der Waals surface area contributed by atoms with Crippen molar-refractivity contribution in [2.75, 3.05) is 0 Å². The molecule has 1 aromatic rings. The Morgan fingerprint density at radius 2 is 1.79 bits per heavy atom. The fraction of sp³-hybridized carbons (Fsp3) is 0.417. The van der Waals surface area contributed by atoms with E-state index in [1.165, 1.54) is 5.56 Å². The third-order valence-corrected chi connectivity index (χ3v) is 2.26. The summed E-state index contributed by atoms with van der Waals surface area (Å²) in [4.78, 5) is 0. The van der Waals surface area contributed by atoms with E-state index in [9.17, 15) is 0 Å². The van der Waals surface area contributed by atoms with Crippen LogP contribution in [0.3, 0.4) is 0 Å². The third-order valence-electron chi connectivity index (χ3n) is 2.26. The van der Waals surface area contributed by atoms with Crippen LogP contribution in [0.5, 0.6) is 0 Å². The SMILES string of the molecule is CCc1ccc(CC(C)(N)C#N)cc1. The molecule has 74 valence electrons. The first kappa shape index (κ1) is 10.7. The maximum atomic E-state index is 8.78. The van der Waals surface area contributed by atoms with Gasteiger partial charge < -0.3 is 5.73 Å². The fourth-order valence-electron chi connectivity index (χ4n) is 1.36. The van der Waals surface area contributed by atoms with Crippen molar-refractivity contribution < 1.29 is 0 Å². The van der Waals surface area contributed by atoms with Crippen LogP contribution < -0.4 is 5.73 Å². The van der Waals surface area contributed by atoms with Crippen LogP contribution in [0, 0.1) is 11.3 Å². The number of benzene rings is 1. The van der Waals surface area contributed by atoms with E-state index < -0.39 is 5.54 Å². The number of nitriles is 1. The maximum absolute atomic E-state index is 8.78. The highest BCUT2D eigenvalue weighted by Gasteiger charge is 2.17. The van der Waals surface area contributed by atoms with Gasteiger partial charge in [-0.2, -0.15) is 5.26 Å². The molecular weight excluding hydrogens is 172 g/mol. The number of rotatable bonds is 3. The number of nitrogens with two attached hydrogens (primary N) is 1. The molecule has 0 saturated heterocycles. The van der Waals surface area contributed by atoms with Crippen molar-refractivity contribution in [2.24, 2.45) is 5.73 Å². The van der Waals surface area contributed by atoms with E-state index in [1.54, 1.807) is 6.92 Å². The first-order valence-corrected chi connectivity index (χ1v) is 4.85. The Morgan fingerprint density at radius 3 is 2.21 bits per heavy atom. The van der Waals surface area contributed by atoms with Gasteiger partial charge in [-0.1, -0.05) is 31.2 Å². The van der Waals surface area contributed by atoms with Gasteiger partial charge in [0.25, 0.3) is 0 Å². The smallest absolute Gasteiger partial charge is 0.105 e. The van der Waals surface area contributed by atoms with Gasteiger partial charge in [0, 0.05) is 6.42 Å². The summed E-state index contributed by atoms with van der Waals surface area (Å²) >= 11 is 0. The minimum absolute atomic E-state index is 0.605. The Bertz CT molecular complexity index is 330. The molecule has 0 fully saturated rings. The van der Waals surface area contributed by atoms with Gasteiger partial charge in [-0.05, 0) is 24.5 Å². The van der Waals surface area contributed by atoms with E-state index in [-0.39, 0.29) is 0 Å². The monoisotopic (exact) mass is 188 g/mol. The Balaban J connectivity index is 2.75. The standard InChI is InChI=1S/C12H16N2/c1-3-10-4-6-11(7-5-10)8-12(2,14)9-13/h4-7H,3,8,14H2,1-2H3. The van der Waals surface area contributed by atoms with E-state index in [0.717, 1.165) is 12.0 Å². The van der Waals surface area contributed by atoms with Crippen molar-refractivity contribution >= 4 is 0 Å². The number of aryl methyl sites for hydroxylation is 1. The van der Waals surface area contributed by atoms with Crippen LogP contribution >= 0.6 is 0 Å². The molecule has 0 bridgehead atoms. The van der Waals surface area contributed by atoms with Gasteiger partial charge >= 0.3 is 0 Å². The molecule has 0 spiro atoms. The zero-order valence-electron chi connectivity index (χ0n) is 8.75. The second-order valence-electron chi connectivity index (χ2n) is 3.88. The van der Waals surface area contributed by atoms with Crippen LogP contribution in [0.1, 0.15) is 25.0 Å². The number of hydrogen-bond acceptors (Lipinski definition) is 2. The van der Waals surface area contributed by atoms with Crippen molar-refractivity contribution in [1.29, 1.82) is 5.26 Å². The summed E-state index contributed by atoms with van der Waals surface area (Å²) in [5.74, 6) is 0. The molecule has 1 aromatic carbocycles. The summed E-state index contributed by atoms with van der Waals surface area (Å²) in [7, 11) is 0. The molecular formula is C12H16N2. The fourth-order valence-corrected chi connectivity index (χ4v) is 1.36. The lowest BCUT2D eigenvalue weighted by Crippen LogP contribution is -2.36. The van der Waals surface area contributed by atoms with E-state index in [4.69, 9.17) is 11.0 Å². The van der Waals surface area contributed by atoms with Crippen LogP contribution in [0.15, 0.2) is 24.3 Å². The van der Waals surface area contributed by atoms with Crippen molar-refractivity contribution in [3.63, 3.8) is 0 Å². The van der Waals surface area contributed by atoms with Crippen LogP contribution in [-0.2, 0) is 12.8 Å². The van der Waals surface area contributed by atoms with Gasteiger partial charge in [0.15, 0.2) is 0 Å². The molecule has 0 aliphatic heterocycles. The Hall–Kier alpha value is -1.33. The molecule has 14 heavy (non-hydrogen) atoms. The van der Waals surface area contributed by atoms with Crippen molar-refractivity contribution in [2.45, 2.75) is 32.2 Å². The highest BCUT2D eigenvalue weighted by Crippen LogP contribution is 2.11. The summed E-state index contributed by atoms with van der Waals surface area (Å²) in [6.07, 6.45) is 1.64. The summed E-state index contributed by atoms with van der Waals surface area (Å²) in [6, 6.07) is 10.4. The summed E-state index contributed by atoms with van der Waals surface area (Å²) in [5.41, 5.74) is 7.43. The second kappa shape index (κ2) is 4.26. The normalized spacial score (nSPS) is 14.4. The quantitative estimate of drug-likeness (QED) is 0.789. The predicted molar refractivity (Wildman–Crippen MR) is 57.7 cm³/mol. The van der Waals surface area contributed by atoms with Crippen LogP contribution in [-0.4, -0.2) is 5.54 Å². The van der Waals surface area contributed by atoms with Crippen LogP contribution in [0.4, 0.5) is 0 Å². The molecule has 0 radical (unpaired) electrons. The van der Waals surface area contributed by atoms with Crippen molar-refractivity contribution in [1.82, 2.24) is 0 Å². The molecule has 0 heterocycles. The minimum Gasteiger partial charge on any atom is -0.313 e. The first-order valence-electron chi connectivity index (χ1n) is 4.85. The molecule has 2 heteroatoms. The minimum atomic E-state index is -0.756. The lowest BCUT2D eigenvalue weighted by molar-refractivity contribution is 0.596. The summed E-state index contributed by atoms with van der Waals surface area (Å²) in [5, 5.41) is 8.78. The largest absolute Gasteiger partial charge is 0.313 e. The number of hydrogen-bond donors (Lipinski definition) is 1. The molecule has 1 unspecified atom stereocenters. The average molecular weight is 188 g/mol. The molecule has 0 aliphatic rings. The van der Waals surface area contributed by atoms with Crippen molar-refractivity contribution in [3.8, 4) is 6.07 Å². The molecule has 1 atom stereocenters. The van der Waals surface area contributed by atoms with Gasteiger partial charge in [-0.15, -0.1) is 0 Å². The molecule has 0 aromatic heterocycles. The second-order valence-corrected chi connectivity index (χ2v) is 3.88. The molecule has 0 aliphatic carbocycles. The lowest BCUT2D eigenvalue weighted by Gasteiger charge is -2.15.